The maximum absolute atomic E-state index is 11.6. The average Bonchev–Trinajstić information content (AvgIpc) is 2.73. The molecule has 0 aliphatic carbocycles. The number of esters is 1. The zero-order valence-corrected chi connectivity index (χ0v) is 19.6. The molecule has 0 spiro atoms. The number of aliphatic hydroxyl groups is 1. The lowest BCUT2D eigenvalue weighted by molar-refractivity contribution is -0.147. The third-order valence-electron chi connectivity index (χ3n) is 4.43. The molecule has 0 aromatic carbocycles. The molecule has 2 atom stereocenters. The van der Waals surface area contributed by atoms with E-state index in [9.17, 15) is 14.5 Å². The van der Waals surface area contributed by atoms with Crippen LogP contribution in [-0.4, -0.2) is 42.4 Å². The summed E-state index contributed by atoms with van der Waals surface area (Å²) >= 11 is 0. The molecule has 0 heterocycles. The van der Waals surface area contributed by atoms with Crippen molar-refractivity contribution in [2.45, 2.75) is 90.1 Å². The van der Waals surface area contributed by atoms with Crippen LogP contribution in [-0.2, 0) is 23.1 Å². The minimum absolute atomic E-state index is 0.275. The highest BCUT2D eigenvalue weighted by atomic mass is 31.2. The highest BCUT2D eigenvalue weighted by Gasteiger charge is 2.21. The van der Waals surface area contributed by atoms with Crippen LogP contribution in [0.4, 0.5) is 0 Å². The smallest absolute Gasteiger partial charge is 0.463 e. The van der Waals surface area contributed by atoms with Crippen LogP contribution in [0.15, 0.2) is 24.3 Å². The first-order valence-electron chi connectivity index (χ1n) is 11.1. The van der Waals surface area contributed by atoms with Crippen LogP contribution < -0.4 is 0 Å². The molecule has 8 heteroatoms. The van der Waals surface area contributed by atoms with Gasteiger partial charge in [-0.25, -0.2) is 4.57 Å². The van der Waals surface area contributed by atoms with Gasteiger partial charge in [0.25, 0.3) is 0 Å². The van der Waals surface area contributed by atoms with Crippen molar-refractivity contribution < 1.29 is 33.1 Å². The molecule has 0 fully saturated rings. The maximum atomic E-state index is 11.6. The number of phosphoric acid groups is 1. The predicted molar refractivity (Wildman–Crippen MR) is 119 cm³/mol. The lowest BCUT2D eigenvalue weighted by atomic mass is 10.1. The number of carbonyl (C=O) groups excluding carboxylic acids is 1. The normalized spacial score (nSPS) is 14.9. The predicted octanol–water partition coefficient (Wildman–Crippen LogP) is 5.47. The molecular formula is C22H41O7P. The van der Waals surface area contributed by atoms with E-state index < -0.39 is 26.5 Å². The average molecular weight is 449 g/mol. The summed E-state index contributed by atoms with van der Waals surface area (Å²) in [5.74, 6) is -0.390. The van der Waals surface area contributed by atoms with Crippen molar-refractivity contribution in [1.82, 2.24) is 0 Å². The number of aliphatic hydroxyl groups excluding tert-OH is 1. The van der Waals surface area contributed by atoms with Gasteiger partial charge in [0.2, 0.25) is 0 Å². The summed E-state index contributed by atoms with van der Waals surface area (Å²) in [6, 6.07) is 0. The number of allylic oxidation sites excluding steroid dienone is 4. The van der Waals surface area contributed by atoms with Gasteiger partial charge in [-0.1, -0.05) is 63.3 Å². The van der Waals surface area contributed by atoms with Gasteiger partial charge in [0.15, 0.2) is 0 Å². The summed E-state index contributed by atoms with van der Waals surface area (Å²) < 4.78 is 24.7. The van der Waals surface area contributed by atoms with E-state index in [-0.39, 0.29) is 6.61 Å². The Morgan fingerprint density at radius 3 is 2.17 bits per heavy atom. The van der Waals surface area contributed by atoms with Crippen LogP contribution in [0.2, 0.25) is 0 Å². The highest BCUT2D eigenvalue weighted by Crippen LogP contribution is 2.41. The number of hydrogen-bond donors (Lipinski definition) is 2. The molecule has 0 rings (SSSR count). The van der Waals surface area contributed by atoms with E-state index in [1.807, 2.05) is 0 Å². The fourth-order valence-corrected chi connectivity index (χ4v) is 3.09. The van der Waals surface area contributed by atoms with Crippen LogP contribution in [0.5, 0.6) is 0 Å². The molecule has 30 heavy (non-hydrogen) atoms. The maximum Gasteiger partial charge on any atom is 0.472 e. The van der Waals surface area contributed by atoms with E-state index >= 15 is 0 Å². The summed E-state index contributed by atoms with van der Waals surface area (Å²) in [6.45, 7) is 1.50. The fraction of sp³-hybridized carbons (Fsp3) is 0.773. The largest absolute Gasteiger partial charge is 0.472 e. The molecule has 0 aromatic heterocycles. The van der Waals surface area contributed by atoms with Crippen molar-refractivity contribution in [3.63, 3.8) is 0 Å². The van der Waals surface area contributed by atoms with Crippen molar-refractivity contribution in [2.24, 2.45) is 0 Å². The third kappa shape index (κ3) is 20.3. The van der Waals surface area contributed by atoms with Gasteiger partial charge in [-0.05, 0) is 38.5 Å². The van der Waals surface area contributed by atoms with Gasteiger partial charge in [0.1, 0.15) is 12.7 Å². The van der Waals surface area contributed by atoms with E-state index in [4.69, 9.17) is 9.63 Å². The first-order valence-corrected chi connectivity index (χ1v) is 12.6. The monoisotopic (exact) mass is 448 g/mol. The first kappa shape index (κ1) is 29.0. The van der Waals surface area contributed by atoms with Gasteiger partial charge in [0, 0.05) is 13.5 Å². The molecule has 2 N–H and O–H groups in total. The Balaban J connectivity index is 3.48. The Labute approximate surface area is 182 Å². The minimum Gasteiger partial charge on any atom is -0.463 e. The number of carbonyl (C=O) groups is 1. The summed E-state index contributed by atoms with van der Waals surface area (Å²) in [5, 5.41) is 9.56. The molecule has 0 bridgehead atoms. The van der Waals surface area contributed by atoms with E-state index in [1.165, 1.54) is 25.7 Å². The van der Waals surface area contributed by atoms with Crippen molar-refractivity contribution in [1.29, 1.82) is 0 Å². The van der Waals surface area contributed by atoms with Crippen LogP contribution in [0.25, 0.3) is 0 Å². The number of phosphoric ester groups is 1. The Morgan fingerprint density at radius 1 is 0.933 bits per heavy atom. The van der Waals surface area contributed by atoms with Gasteiger partial charge >= 0.3 is 13.8 Å². The van der Waals surface area contributed by atoms with Crippen molar-refractivity contribution in [3.05, 3.63) is 24.3 Å². The second-order valence-corrected chi connectivity index (χ2v) is 8.82. The second-order valence-electron chi connectivity index (χ2n) is 7.26. The van der Waals surface area contributed by atoms with Crippen LogP contribution in [0.1, 0.15) is 84.0 Å². The molecule has 2 unspecified atom stereocenters. The second kappa shape index (κ2) is 20.0. The molecule has 0 radical (unpaired) electrons. The molecule has 0 aromatic rings. The highest BCUT2D eigenvalue weighted by molar-refractivity contribution is 7.47. The summed E-state index contributed by atoms with van der Waals surface area (Å²) in [6.07, 6.45) is 20.4. The molecule has 0 amide bonds. The topological polar surface area (TPSA) is 102 Å². The van der Waals surface area contributed by atoms with Gasteiger partial charge in [-0.2, -0.15) is 0 Å². The molecule has 176 valence electrons. The van der Waals surface area contributed by atoms with Gasteiger partial charge < -0.3 is 14.7 Å². The molecular weight excluding hydrogens is 407 g/mol. The Morgan fingerprint density at radius 2 is 1.53 bits per heavy atom. The van der Waals surface area contributed by atoms with E-state index in [1.54, 1.807) is 0 Å². The molecule has 0 saturated carbocycles. The van der Waals surface area contributed by atoms with Crippen molar-refractivity contribution in [2.75, 3.05) is 20.3 Å². The lowest BCUT2D eigenvalue weighted by Crippen LogP contribution is -2.23. The molecule has 0 aliphatic heterocycles. The van der Waals surface area contributed by atoms with Crippen LogP contribution >= 0.6 is 7.82 Å². The number of rotatable bonds is 20. The van der Waals surface area contributed by atoms with Crippen LogP contribution in [0.3, 0.4) is 0 Å². The number of hydrogen-bond acceptors (Lipinski definition) is 6. The first-order chi connectivity index (χ1) is 14.4. The molecule has 0 aliphatic rings. The minimum atomic E-state index is -4.13. The fourth-order valence-electron chi connectivity index (χ4n) is 2.62. The Bertz CT molecular complexity index is 520. The molecule has 0 saturated heterocycles. The van der Waals surface area contributed by atoms with Crippen molar-refractivity contribution in [3.8, 4) is 0 Å². The Hall–Kier alpha value is -0.980. The molecule has 7 nitrogen and oxygen atoms in total. The summed E-state index contributed by atoms with van der Waals surface area (Å²) in [4.78, 5) is 20.7. The van der Waals surface area contributed by atoms with Crippen molar-refractivity contribution >= 4 is 13.8 Å². The number of unbranched alkanes of at least 4 members (excludes halogenated alkanes) is 8. The number of ether oxygens (including phenoxy) is 1. The lowest BCUT2D eigenvalue weighted by Gasteiger charge is -2.13. The van der Waals surface area contributed by atoms with E-state index in [0.29, 0.717) is 6.42 Å². The van der Waals surface area contributed by atoms with Gasteiger partial charge in [-0.15, -0.1) is 0 Å². The summed E-state index contributed by atoms with van der Waals surface area (Å²) in [5.41, 5.74) is 0. The standard InChI is InChI=1S/C22H41O7P/c1-3-4-5-6-7-8-9-10-11-12-13-14-15-16-17-18-22(24)28-19-21(23)20-29-30(25,26)27-2/h7-8,10-11,21,23H,3-6,9,12-20H2,1-2H3,(H,25,26)/b8-7-,11-10-. The Kier molecular flexibility index (Phi) is 19.3. The zero-order valence-electron chi connectivity index (χ0n) is 18.7. The van der Waals surface area contributed by atoms with E-state index in [0.717, 1.165) is 52.1 Å². The quantitative estimate of drug-likeness (QED) is 0.110. The zero-order chi connectivity index (χ0) is 22.5. The SMILES string of the molecule is CCCCC/C=C\C/C=C\CCCCCCCC(=O)OCC(O)COP(=O)(O)OC. The van der Waals surface area contributed by atoms with Gasteiger partial charge in [-0.3, -0.25) is 13.8 Å². The van der Waals surface area contributed by atoms with Crippen LogP contribution in [0, 0.1) is 0 Å². The third-order valence-corrected chi connectivity index (χ3v) is 5.37. The van der Waals surface area contributed by atoms with Gasteiger partial charge in [0.05, 0.1) is 6.61 Å². The summed E-state index contributed by atoms with van der Waals surface area (Å²) in [7, 11) is -3.10. The van der Waals surface area contributed by atoms with E-state index in [2.05, 4.69) is 40.3 Å².